The van der Waals surface area contributed by atoms with E-state index in [-0.39, 0.29) is 23.6 Å². The van der Waals surface area contributed by atoms with E-state index in [4.69, 9.17) is 0 Å². The summed E-state index contributed by atoms with van der Waals surface area (Å²) in [6.07, 6.45) is 0.210. The average Bonchev–Trinajstić information content (AvgIpc) is 2.40. The number of likely N-dealkylation sites (N-methyl/N-ethyl adjacent to an activating group) is 1. The van der Waals surface area contributed by atoms with Crippen molar-refractivity contribution in [3.05, 3.63) is 30.1 Å². The Kier molecular flexibility index (Phi) is 3.87. The van der Waals surface area contributed by atoms with E-state index in [0.717, 1.165) is 29.2 Å². The second-order valence-electron chi connectivity index (χ2n) is 4.46. The van der Waals surface area contributed by atoms with Crippen molar-refractivity contribution in [2.24, 2.45) is 0 Å². The van der Waals surface area contributed by atoms with E-state index in [1.54, 1.807) is 0 Å². The van der Waals surface area contributed by atoms with E-state index in [2.05, 4.69) is 4.72 Å². The van der Waals surface area contributed by atoms with Gasteiger partial charge in [-0.2, -0.15) is 4.72 Å². The van der Waals surface area contributed by atoms with Crippen LogP contribution in [0.1, 0.15) is 12.8 Å². The highest BCUT2D eigenvalue weighted by molar-refractivity contribution is 7.89. The Bertz CT molecular complexity index is 642. The predicted octanol–water partition coefficient (Wildman–Crippen LogP) is 0.251. The Labute approximate surface area is 115 Å². The molecule has 2 amide bonds. The highest BCUT2D eigenvalue weighted by Crippen LogP contribution is 2.16. The number of imide groups is 1. The lowest BCUT2D eigenvalue weighted by molar-refractivity contribution is -0.147. The fraction of sp³-hybridized carbons (Fsp3) is 0.333. The van der Waals surface area contributed by atoms with Gasteiger partial charge in [-0.05, 0) is 30.7 Å². The zero-order chi connectivity index (χ0) is 14.9. The number of likely N-dealkylation sites (tertiary alicyclic amines) is 1. The first-order chi connectivity index (χ1) is 9.31. The zero-order valence-corrected chi connectivity index (χ0v) is 11.5. The van der Waals surface area contributed by atoms with E-state index >= 15 is 0 Å². The number of benzene rings is 1. The van der Waals surface area contributed by atoms with E-state index in [1.807, 2.05) is 0 Å². The summed E-state index contributed by atoms with van der Waals surface area (Å²) in [5.41, 5.74) is 0. The molecule has 6 nitrogen and oxygen atoms in total. The van der Waals surface area contributed by atoms with E-state index in [0.29, 0.717) is 0 Å². The smallest absolute Gasteiger partial charge is 0.247 e. The Morgan fingerprint density at radius 2 is 1.85 bits per heavy atom. The molecule has 1 saturated heterocycles. The minimum atomic E-state index is -3.93. The van der Waals surface area contributed by atoms with Gasteiger partial charge in [-0.25, -0.2) is 12.8 Å². The standard InChI is InChI=1S/C12H13FN2O4S/c1-15-11(16)7-6-10(12(15)17)14-20(18,19)9-4-2-8(13)3-5-9/h2-5,10,14H,6-7H2,1H3. The van der Waals surface area contributed by atoms with E-state index in [1.165, 1.54) is 7.05 Å². The van der Waals surface area contributed by atoms with Crippen LogP contribution in [0.15, 0.2) is 29.2 Å². The van der Waals surface area contributed by atoms with E-state index in [9.17, 15) is 22.4 Å². The molecule has 1 aromatic rings. The highest BCUT2D eigenvalue weighted by Gasteiger charge is 2.34. The van der Waals surface area contributed by atoms with Gasteiger partial charge in [-0.3, -0.25) is 14.5 Å². The highest BCUT2D eigenvalue weighted by atomic mass is 32.2. The Morgan fingerprint density at radius 3 is 2.45 bits per heavy atom. The molecule has 0 aromatic heterocycles. The molecule has 1 N–H and O–H groups in total. The van der Waals surface area contributed by atoms with Gasteiger partial charge >= 0.3 is 0 Å². The fourth-order valence-corrected chi connectivity index (χ4v) is 3.12. The topological polar surface area (TPSA) is 83.6 Å². The van der Waals surface area contributed by atoms with Crippen LogP contribution in [0.25, 0.3) is 0 Å². The van der Waals surface area contributed by atoms with Gasteiger partial charge in [0.15, 0.2) is 0 Å². The monoisotopic (exact) mass is 300 g/mol. The molecule has 0 aliphatic carbocycles. The minimum Gasteiger partial charge on any atom is -0.284 e. The van der Waals surface area contributed by atoms with Crippen molar-refractivity contribution in [3.8, 4) is 0 Å². The van der Waals surface area contributed by atoms with Crippen LogP contribution >= 0.6 is 0 Å². The molecule has 0 radical (unpaired) electrons. The summed E-state index contributed by atoms with van der Waals surface area (Å²) in [5.74, 6) is -1.48. The third-order valence-corrected chi connectivity index (χ3v) is 4.56. The maximum atomic E-state index is 12.8. The molecule has 0 spiro atoms. The quantitative estimate of drug-likeness (QED) is 0.811. The van der Waals surface area contributed by atoms with Crippen LogP contribution in [0.4, 0.5) is 4.39 Å². The zero-order valence-electron chi connectivity index (χ0n) is 10.7. The summed E-state index contributed by atoms with van der Waals surface area (Å²) in [5, 5.41) is 0. The summed E-state index contributed by atoms with van der Waals surface area (Å²) in [7, 11) is -2.62. The van der Waals surface area contributed by atoms with Crippen molar-refractivity contribution in [1.82, 2.24) is 9.62 Å². The minimum absolute atomic E-state index is 0.0961. The van der Waals surface area contributed by atoms with Crippen LogP contribution in [0.2, 0.25) is 0 Å². The van der Waals surface area contributed by atoms with Gasteiger partial charge in [0.25, 0.3) is 0 Å². The van der Waals surface area contributed by atoms with Gasteiger partial charge in [-0.15, -0.1) is 0 Å². The molecule has 0 bridgehead atoms. The number of nitrogens with one attached hydrogen (secondary N) is 1. The van der Waals surface area contributed by atoms with Crippen LogP contribution in [0.5, 0.6) is 0 Å². The second-order valence-corrected chi connectivity index (χ2v) is 6.17. The molecule has 0 saturated carbocycles. The van der Waals surface area contributed by atoms with Crippen LogP contribution in [-0.4, -0.2) is 38.2 Å². The summed E-state index contributed by atoms with van der Waals surface area (Å²) >= 11 is 0. The van der Waals surface area contributed by atoms with E-state index < -0.39 is 27.8 Å². The van der Waals surface area contributed by atoms with Crippen LogP contribution in [0, 0.1) is 5.82 Å². The molecule has 1 heterocycles. The number of sulfonamides is 1. The molecule has 108 valence electrons. The third kappa shape index (κ3) is 2.86. The maximum absolute atomic E-state index is 12.8. The van der Waals surface area contributed by atoms with Gasteiger partial charge in [0.1, 0.15) is 11.9 Å². The first kappa shape index (κ1) is 14.6. The Hall–Kier alpha value is -1.80. The number of carbonyl (C=O) groups excluding carboxylic acids is 2. The second kappa shape index (κ2) is 5.29. The third-order valence-electron chi connectivity index (χ3n) is 3.07. The van der Waals surface area contributed by atoms with Gasteiger partial charge in [0.05, 0.1) is 4.90 Å². The maximum Gasteiger partial charge on any atom is 0.247 e. The van der Waals surface area contributed by atoms with Crippen molar-refractivity contribution in [2.45, 2.75) is 23.8 Å². The fourth-order valence-electron chi connectivity index (χ4n) is 1.89. The summed E-state index contributed by atoms with van der Waals surface area (Å²) in [6, 6.07) is 3.28. The number of rotatable bonds is 3. The molecule has 1 aliphatic heterocycles. The number of halogens is 1. The SMILES string of the molecule is CN1C(=O)CCC(NS(=O)(=O)c2ccc(F)cc2)C1=O. The normalized spacial score (nSPS) is 20.3. The number of nitrogens with zero attached hydrogens (tertiary/aromatic N) is 1. The first-order valence-electron chi connectivity index (χ1n) is 5.89. The molecule has 8 heteroatoms. The number of piperidine rings is 1. The van der Waals surface area contributed by atoms with Crippen molar-refractivity contribution in [1.29, 1.82) is 0 Å². The molecule has 1 aliphatic rings. The lowest BCUT2D eigenvalue weighted by Gasteiger charge is -2.27. The van der Waals surface area contributed by atoms with Gasteiger partial charge in [0, 0.05) is 13.5 Å². The summed E-state index contributed by atoms with van der Waals surface area (Å²) in [4.78, 5) is 23.9. The predicted molar refractivity (Wildman–Crippen MR) is 67.5 cm³/mol. The Morgan fingerprint density at radius 1 is 1.25 bits per heavy atom. The first-order valence-corrected chi connectivity index (χ1v) is 7.38. The van der Waals surface area contributed by atoms with Gasteiger partial charge < -0.3 is 0 Å². The summed E-state index contributed by atoms with van der Waals surface area (Å²) in [6.45, 7) is 0. The number of amides is 2. The lowest BCUT2D eigenvalue weighted by Crippen LogP contribution is -2.52. The molecular weight excluding hydrogens is 287 g/mol. The van der Waals surface area contributed by atoms with Crippen LogP contribution < -0.4 is 4.72 Å². The molecule has 1 fully saturated rings. The average molecular weight is 300 g/mol. The van der Waals surface area contributed by atoms with Crippen molar-refractivity contribution in [2.75, 3.05) is 7.05 Å². The summed E-state index contributed by atoms with van der Waals surface area (Å²) < 4.78 is 39.1. The molecule has 1 atom stereocenters. The van der Waals surface area contributed by atoms with Crippen molar-refractivity contribution < 1.29 is 22.4 Å². The number of hydrogen-bond acceptors (Lipinski definition) is 4. The van der Waals surface area contributed by atoms with Crippen LogP contribution in [0.3, 0.4) is 0 Å². The van der Waals surface area contributed by atoms with Gasteiger partial charge in [-0.1, -0.05) is 0 Å². The van der Waals surface area contributed by atoms with Crippen molar-refractivity contribution in [3.63, 3.8) is 0 Å². The number of hydrogen-bond donors (Lipinski definition) is 1. The molecule has 1 aromatic carbocycles. The lowest BCUT2D eigenvalue weighted by atomic mass is 10.1. The molecule has 2 rings (SSSR count). The van der Waals surface area contributed by atoms with Crippen molar-refractivity contribution >= 4 is 21.8 Å². The van der Waals surface area contributed by atoms with Crippen LogP contribution in [-0.2, 0) is 19.6 Å². The Balaban J connectivity index is 2.18. The molecule has 20 heavy (non-hydrogen) atoms. The number of carbonyl (C=O) groups is 2. The molecular formula is C12H13FN2O4S. The van der Waals surface area contributed by atoms with Gasteiger partial charge in [0.2, 0.25) is 21.8 Å². The largest absolute Gasteiger partial charge is 0.284 e. The molecule has 1 unspecified atom stereocenters.